The van der Waals surface area contributed by atoms with Crippen molar-refractivity contribution in [2.24, 2.45) is 0 Å². The first-order valence-corrected chi connectivity index (χ1v) is 9.48. The largest absolute Gasteiger partial charge is 0.337 e. The number of nitrogens with one attached hydrogen (secondary N) is 1. The predicted molar refractivity (Wildman–Crippen MR) is 107 cm³/mol. The average molecular weight is 363 g/mol. The molecule has 3 aromatic rings. The third-order valence-corrected chi connectivity index (χ3v) is 5.26. The van der Waals surface area contributed by atoms with E-state index in [9.17, 15) is 4.79 Å². The molecule has 1 atom stereocenters. The lowest BCUT2D eigenvalue weighted by Crippen LogP contribution is -2.38. The number of carbonyl (C=O) groups is 1. The molecule has 1 fully saturated rings. The molecule has 4 rings (SSSR count). The molecule has 6 heteroatoms. The summed E-state index contributed by atoms with van der Waals surface area (Å²) >= 11 is 0. The molecule has 27 heavy (non-hydrogen) atoms. The maximum absolute atomic E-state index is 13.3. The van der Waals surface area contributed by atoms with E-state index in [4.69, 9.17) is 4.98 Å². The van der Waals surface area contributed by atoms with E-state index in [1.54, 1.807) is 6.20 Å². The first kappa shape index (κ1) is 17.7. The van der Waals surface area contributed by atoms with E-state index in [-0.39, 0.29) is 18.0 Å². The molecule has 1 N–H and O–H groups in total. The van der Waals surface area contributed by atoms with Gasteiger partial charge in [0.2, 0.25) is 0 Å². The Morgan fingerprint density at radius 2 is 2.07 bits per heavy atom. The molecule has 0 saturated carbocycles. The van der Waals surface area contributed by atoms with Crippen LogP contribution in [0, 0.1) is 0 Å². The van der Waals surface area contributed by atoms with Gasteiger partial charge in [0.15, 0.2) is 5.65 Å². The molecule has 1 aromatic carbocycles. The summed E-state index contributed by atoms with van der Waals surface area (Å²) in [5.74, 6) is 0.0246. The highest BCUT2D eigenvalue weighted by Crippen LogP contribution is 2.27. The highest BCUT2D eigenvalue weighted by Gasteiger charge is 2.27. The molecular weight excluding hydrogens is 338 g/mol. The molecule has 1 aliphatic heterocycles. The van der Waals surface area contributed by atoms with Gasteiger partial charge in [0.1, 0.15) is 0 Å². The molecular formula is C21H25N5O. The van der Waals surface area contributed by atoms with E-state index >= 15 is 0 Å². The van der Waals surface area contributed by atoms with Crippen molar-refractivity contribution >= 4 is 16.9 Å². The Balaban J connectivity index is 1.86. The third-order valence-electron chi connectivity index (χ3n) is 5.26. The monoisotopic (exact) mass is 363 g/mol. The lowest BCUT2D eigenvalue weighted by Gasteiger charge is -2.24. The number of hydrogen-bond acceptors (Lipinski definition) is 4. The maximum atomic E-state index is 13.3. The summed E-state index contributed by atoms with van der Waals surface area (Å²) in [6, 6.07) is 12.3. The Morgan fingerprint density at radius 1 is 1.30 bits per heavy atom. The fourth-order valence-corrected chi connectivity index (χ4v) is 3.66. The number of nitrogens with zero attached hydrogens (tertiary/aromatic N) is 4. The Hall–Kier alpha value is -2.73. The topological polar surface area (TPSA) is 63.1 Å². The minimum Gasteiger partial charge on any atom is -0.337 e. The molecule has 6 nitrogen and oxygen atoms in total. The number of likely N-dealkylation sites (N-methyl/N-ethyl adjacent to an activating group) is 1. The van der Waals surface area contributed by atoms with Crippen molar-refractivity contribution < 1.29 is 4.79 Å². The number of pyridine rings is 1. The minimum absolute atomic E-state index is 0.0246. The Bertz CT molecular complexity index is 957. The smallest absolute Gasteiger partial charge is 0.254 e. The van der Waals surface area contributed by atoms with Crippen molar-refractivity contribution in [1.82, 2.24) is 25.0 Å². The van der Waals surface area contributed by atoms with Crippen molar-refractivity contribution in [2.75, 3.05) is 20.1 Å². The second kappa shape index (κ2) is 7.12. The van der Waals surface area contributed by atoms with Crippen LogP contribution in [0.1, 0.15) is 36.7 Å². The van der Waals surface area contributed by atoms with Gasteiger partial charge in [0, 0.05) is 31.2 Å². The van der Waals surface area contributed by atoms with Crippen molar-refractivity contribution in [3.63, 3.8) is 0 Å². The predicted octanol–water partition coefficient (Wildman–Crippen LogP) is 3.11. The number of fused-ring (bicyclic) bond motifs is 1. The normalized spacial score (nSPS) is 17.0. The van der Waals surface area contributed by atoms with Crippen LogP contribution in [-0.4, -0.2) is 51.8 Å². The molecule has 0 radical (unpaired) electrons. The number of amides is 1. The molecule has 1 unspecified atom stereocenters. The number of aromatic nitrogens is 3. The second-order valence-electron chi connectivity index (χ2n) is 7.40. The van der Waals surface area contributed by atoms with Crippen molar-refractivity contribution in [1.29, 1.82) is 0 Å². The summed E-state index contributed by atoms with van der Waals surface area (Å²) in [5.41, 5.74) is 3.22. The Kier molecular flexibility index (Phi) is 4.66. The Labute approximate surface area is 159 Å². The van der Waals surface area contributed by atoms with Crippen LogP contribution < -0.4 is 5.32 Å². The van der Waals surface area contributed by atoms with Gasteiger partial charge in [0.05, 0.1) is 22.8 Å². The fraction of sp³-hybridized carbons (Fsp3) is 0.381. The zero-order chi connectivity index (χ0) is 19.0. The van der Waals surface area contributed by atoms with Gasteiger partial charge in [-0.05, 0) is 32.9 Å². The van der Waals surface area contributed by atoms with Gasteiger partial charge in [-0.2, -0.15) is 5.10 Å². The van der Waals surface area contributed by atoms with Gasteiger partial charge in [0.25, 0.3) is 5.91 Å². The molecule has 1 saturated heterocycles. The van der Waals surface area contributed by atoms with Crippen molar-refractivity contribution in [3.8, 4) is 11.3 Å². The highest BCUT2D eigenvalue weighted by atomic mass is 16.2. The SMILES string of the molecule is CC(C)n1ncc2c(C(=O)N(C)C3CCNC3)cc(-c3ccccc3)nc21. The van der Waals surface area contributed by atoms with Crippen LogP contribution in [0.15, 0.2) is 42.6 Å². The van der Waals surface area contributed by atoms with Crippen LogP contribution in [0.5, 0.6) is 0 Å². The summed E-state index contributed by atoms with van der Waals surface area (Å²) < 4.78 is 1.88. The summed E-state index contributed by atoms with van der Waals surface area (Å²) in [4.78, 5) is 20.0. The minimum atomic E-state index is 0.0246. The van der Waals surface area contributed by atoms with Crippen LogP contribution in [0.25, 0.3) is 22.3 Å². The molecule has 0 spiro atoms. The zero-order valence-electron chi connectivity index (χ0n) is 16.0. The number of carbonyl (C=O) groups excluding carboxylic acids is 1. The zero-order valence-corrected chi connectivity index (χ0v) is 16.0. The standard InChI is InChI=1S/C21H25N5O/c1-14(2)26-20-18(13-23-26)17(21(27)25(3)16-9-10-22-12-16)11-19(24-20)15-7-5-4-6-8-15/h4-8,11,13-14,16,22H,9-10,12H2,1-3H3. The quantitative estimate of drug-likeness (QED) is 0.774. The summed E-state index contributed by atoms with van der Waals surface area (Å²) in [7, 11) is 1.89. The van der Waals surface area contributed by atoms with E-state index in [2.05, 4.69) is 24.3 Å². The van der Waals surface area contributed by atoms with Crippen LogP contribution >= 0.6 is 0 Å². The van der Waals surface area contributed by atoms with Crippen LogP contribution in [0.3, 0.4) is 0 Å². The average Bonchev–Trinajstić information content (AvgIpc) is 3.36. The number of benzene rings is 1. The fourth-order valence-electron chi connectivity index (χ4n) is 3.66. The first-order chi connectivity index (χ1) is 13.1. The third kappa shape index (κ3) is 3.21. The van der Waals surface area contributed by atoms with Crippen LogP contribution in [0.2, 0.25) is 0 Å². The first-order valence-electron chi connectivity index (χ1n) is 9.48. The van der Waals surface area contributed by atoms with Crippen LogP contribution in [-0.2, 0) is 0 Å². The van der Waals surface area contributed by atoms with E-state index < -0.39 is 0 Å². The molecule has 0 bridgehead atoms. The second-order valence-corrected chi connectivity index (χ2v) is 7.40. The summed E-state index contributed by atoms with van der Waals surface area (Å²) in [5, 5.41) is 8.64. The van der Waals surface area contributed by atoms with Gasteiger partial charge < -0.3 is 10.2 Å². The van der Waals surface area contributed by atoms with E-state index in [1.807, 2.05) is 53.0 Å². The summed E-state index contributed by atoms with van der Waals surface area (Å²) in [6.45, 7) is 5.93. The van der Waals surface area contributed by atoms with Gasteiger partial charge >= 0.3 is 0 Å². The lowest BCUT2D eigenvalue weighted by atomic mass is 10.1. The van der Waals surface area contributed by atoms with Gasteiger partial charge in [-0.1, -0.05) is 30.3 Å². The van der Waals surface area contributed by atoms with Gasteiger partial charge in [-0.25, -0.2) is 9.67 Å². The molecule has 1 aliphatic rings. The van der Waals surface area contributed by atoms with Crippen molar-refractivity contribution in [3.05, 3.63) is 48.2 Å². The Morgan fingerprint density at radius 3 is 2.74 bits per heavy atom. The van der Waals surface area contributed by atoms with Gasteiger partial charge in [-0.3, -0.25) is 4.79 Å². The van der Waals surface area contributed by atoms with E-state index in [0.717, 1.165) is 41.8 Å². The van der Waals surface area contributed by atoms with E-state index in [1.165, 1.54) is 0 Å². The van der Waals surface area contributed by atoms with Gasteiger partial charge in [-0.15, -0.1) is 0 Å². The van der Waals surface area contributed by atoms with Crippen molar-refractivity contribution in [2.45, 2.75) is 32.4 Å². The molecule has 140 valence electrons. The lowest BCUT2D eigenvalue weighted by molar-refractivity contribution is 0.0745. The molecule has 1 amide bonds. The molecule has 3 heterocycles. The molecule has 2 aromatic heterocycles. The summed E-state index contributed by atoms with van der Waals surface area (Å²) in [6.07, 6.45) is 2.75. The number of hydrogen-bond donors (Lipinski definition) is 1. The maximum Gasteiger partial charge on any atom is 0.254 e. The molecule has 0 aliphatic carbocycles. The van der Waals surface area contributed by atoms with Crippen LogP contribution in [0.4, 0.5) is 0 Å². The van der Waals surface area contributed by atoms with E-state index in [0.29, 0.717) is 5.56 Å². The highest BCUT2D eigenvalue weighted by molar-refractivity contribution is 6.06. The number of rotatable bonds is 4.